The Morgan fingerprint density at radius 2 is 1.88 bits per heavy atom. The van der Waals surface area contributed by atoms with Crippen molar-refractivity contribution in [1.82, 2.24) is 4.98 Å². The van der Waals surface area contributed by atoms with E-state index in [0.717, 1.165) is 22.2 Å². The Bertz CT molecular complexity index is 544. The standard InChI is InChI=1S/C14H17NO/c1-8-5-6-12-13(11(4)16)7-9(2)15-14(12)10(8)3/h5-7,11,16H,1-4H3. The lowest BCUT2D eigenvalue weighted by molar-refractivity contribution is 0.200. The summed E-state index contributed by atoms with van der Waals surface area (Å²) >= 11 is 0. The van der Waals surface area contributed by atoms with Crippen molar-refractivity contribution < 1.29 is 5.11 Å². The molecule has 0 fully saturated rings. The zero-order chi connectivity index (χ0) is 11.9. The first-order chi connectivity index (χ1) is 7.50. The fraction of sp³-hybridized carbons (Fsp3) is 0.357. The SMILES string of the molecule is Cc1cc(C(C)O)c2ccc(C)c(C)c2n1. The number of benzene rings is 1. The molecule has 0 bridgehead atoms. The third kappa shape index (κ3) is 1.69. The highest BCUT2D eigenvalue weighted by Gasteiger charge is 2.10. The zero-order valence-electron chi connectivity index (χ0n) is 10.2. The largest absolute Gasteiger partial charge is 0.389 e. The number of aryl methyl sites for hydroxylation is 3. The number of nitrogens with zero attached hydrogens (tertiary/aromatic N) is 1. The average molecular weight is 215 g/mol. The van der Waals surface area contributed by atoms with Gasteiger partial charge in [-0.05, 0) is 50.5 Å². The van der Waals surface area contributed by atoms with Crippen LogP contribution in [0.15, 0.2) is 18.2 Å². The smallest absolute Gasteiger partial charge is 0.0769 e. The van der Waals surface area contributed by atoms with Gasteiger partial charge in [-0.2, -0.15) is 0 Å². The summed E-state index contributed by atoms with van der Waals surface area (Å²) in [5.74, 6) is 0. The van der Waals surface area contributed by atoms with Gasteiger partial charge in [0.25, 0.3) is 0 Å². The summed E-state index contributed by atoms with van der Waals surface area (Å²) in [5, 5.41) is 10.8. The van der Waals surface area contributed by atoms with Crippen LogP contribution in [0.4, 0.5) is 0 Å². The second-order valence-corrected chi connectivity index (χ2v) is 4.43. The number of aliphatic hydroxyl groups excluding tert-OH is 1. The van der Waals surface area contributed by atoms with Crippen LogP contribution in [0.5, 0.6) is 0 Å². The van der Waals surface area contributed by atoms with Gasteiger partial charge in [-0.3, -0.25) is 4.98 Å². The second-order valence-electron chi connectivity index (χ2n) is 4.43. The van der Waals surface area contributed by atoms with Crippen molar-refractivity contribution in [3.05, 3.63) is 40.6 Å². The zero-order valence-corrected chi connectivity index (χ0v) is 10.2. The minimum Gasteiger partial charge on any atom is -0.389 e. The third-order valence-corrected chi connectivity index (χ3v) is 3.12. The van der Waals surface area contributed by atoms with Gasteiger partial charge in [0, 0.05) is 11.1 Å². The Hall–Kier alpha value is -1.41. The third-order valence-electron chi connectivity index (χ3n) is 3.12. The predicted octanol–water partition coefficient (Wildman–Crippen LogP) is 3.21. The van der Waals surface area contributed by atoms with Crippen LogP contribution >= 0.6 is 0 Å². The Morgan fingerprint density at radius 1 is 1.19 bits per heavy atom. The average Bonchev–Trinajstić information content (AvgIpc) is 2.23. The first kappa shape index (κ1) is 11.1. The van der Waals surface area contributed by atoms with E-state index in [0.29, 0.717) is 0 Å². The molecule has 1 aromatic heterocycles. The van der Waals surface area contributed by atoms with Crippen LogP contribution < -0.4 is 0 Å². The summed E-state index contributed by atoms with van der Waals surface area (Å²) in [6.45, 7) is 7.92. The summed E-state index contributed by atoms with van der Waals surface area (Å²) in [7, 11) is 0. The first-order valence-electron chi connectivity index (χ1n) is 5.56. The van der Waals surface area contributed by atoms with Gasteiger partial charge in [0.05, 0.1) is 11.6 Å². The van der Waals surface area contributed by atoms with Crippen LogP contribution in [0.25, 0.3) is 10.9 Å². The Labute approximate surface area is 96.0 Å². The van der Waals surface area contributed by atoms with Gasteiger partial charge in [-0.1, -0.05) is 12.1 Å². The molecule has 2 rings (SSSR count). The van der Waals surface area contributed by atoms with Crippen molar-refractivity contribution in [2.24, 2.45) is 0 Å². The molecular weight excluding hydrogens is 198 g/mol. The van der Waals surface area contributed by atoms with Crippen LogP contribution in [0, 0.1) is 20.8 Å². The molecule has 1 atom stereocenters. The van der Waals surface area contributed by atoms with E-state index in [9.17, 15) is 5.11 Å². The number of aromatic nitrogens is 1. The van der Waals surface area contributed by atoms with Crippen molar-refractivity contribution in [3.63, 3.8) is 0 Å². The van der Waals surface area contributed by atoms with Gasteiger partial charge in [-0.15, -0.1) is 0 Å². The van der Waals surface area contributed by atoms with Crippen molar-refractivity contribution in [2.45, 2.75) is 33.8 Å². The molecule has 2 heteroatoms. The monoisotopic (exact) mass is 215 g/mol. The first-order valence-corrected chi connectivity index (χ1v) is 5.56. The van der Waals surface area contributed by atoms with Crippen molar-refractivity contribution >= 4 is 10.9 Å². The van der Waals surface area contributed by atoms with E-state index in [1.54, 1.807) is 6.92 Å². The lowest BCUT2D eigenvalue weighted by Gasteiger charge is -2.13. The molecule has 0 radical (unpaired) electrons. The molecule has 0 spiro atoms. The minimum atomic E-state index is -0.452. The van der Waals surface area contributed by atoms with E-state index in [1.165, 1.54) is 11.1 Å². The van der Waals surface area contributed by atoms with Crippen LogP contribution in [0.3, 0.4) is 0 Å². The fourth-order valence-electron chi connectivity index (χ4n) is 2.04. The molecule has 0 saturated carbocycles. The van der Waals surface area contributed by atoms with Crippen molar-refractivity contribution in [3.8, 4) is 0 Å². The van der Waals surface area contributed by atoms with Crippen LogP contribution in [-0.2, 0) is 0 Å². The molecule has 0 aliphatic rings. The van der Waals surface area contributed by atoms with Gasteiger partial charge in [0.2, 0.25) is 0 Å². The van der Waals surface area contributed by atoms with E-state index in [1.807, 2.05) is 19.1 Å². The number of pyridine rings is 1. The van der Waals surface area contributed by atoms with Crippen LogP contribution in [-0.4, -0.2) is 10.1 Å². The highest BCUT2D eigenvalue weighted by molar-refractivity contribution is 5.86. The summed E-state index contributed by atoms with van der Waals surface area (Å²) in [6.07, 6.45) is -0.452. The molecular formula is C14H17NO. The minimum absolute atomic E-state index is 0.452. The Balaban J connectivity index is 2.89. The molecule has 0 saturated heterocycles. The molecule has 1 unspecified atom stereocenters. The number of rotatable bonds is 1. The van der Waals surface area contributed by atoms with Crippen molar-refractivity contribution in [1.29, 1.82) is 0 Å². The fourth-order valence-corrected chi connectivity index (χ4v) is 2.04. The van der Waals surface area contributed by atoms with E-state index in [2.05, 4.69) is 24.9 Å². The molecule has 2 nitrogen and oxygen atoms in total. The second kappa shape index (κ2) is 3.87. The molecule has 16 heavy (non-hydrogen) atoms. The predicted molar refractivity (Wildman–Crippen MR) is 66.6 cm³/mol. The summed E-state index contributed by atoms with van der Waals surface area (Å²) in [6, 6.07) is 6.09. The molecule has 0 aliphatic carbocycles. The highest BCUT2D eigenvalue weighted by Crippen LogP contribution is 2.27. The molecule has 1 aromatic carbocycles. The van der Waals surface area contributed by atoms with Crippen molar-refractivity contribution in [2.75, 3.05) is 0 Å². The Morgan fingerprint density at radius 3 is 2.50 bits per heavy atom. The van der Waals surface area contributed by atoms with Gasteiger partial charge in [0.15, 0.2) is 0 Å². The van der Waals surface area contributed by atoms with E-state index in [-0.39, 0.29) is 0 Å². The topological polar surface area (TPSA) is 33.1 Å². The summed E-state index contributed by atoms with van der Waals surface area (Å²) in [4.78, 5) is 4.57. The normalized spacial score (nSPS) is 13.1. The summed E-state index contributed by atoms with van der Waals surface area (Å²) in [5.41, 5.74) is 5.36. The molecule has 84 valence electrons. The molecule has 1 N–H and O–H groups in total. The Kier molecular flexibility index (Phi) is 2.68. The number of hydrogen-bond acceptors (Lipinski definition) is 2. The maximum Gasteiger partial charge on any atom is 0.0769 e. The van der Waals surface area contributed by atoms with Gasteiger partial charge >= 0.3 is 0 Å². The maximum absolute atomic E-state index is 9.78. The molecule has 1 heterocycles. The molecule has 2 aromatic rings. The van der Waals surface area contributed by atoms with Crippen LogP contribution in [0.1, 0.15) is 35.4 Å². The van der Waals surface area contributed by atoms with Gasteiger partial charge in [0.1, 0.15) is 0 Å². The summed E-state index contributed by atoms with van der Waals surface area (Å²) < 4.78 is 0. The highest BCUT2D eigenvalue weighted by atomic mass is 16.3. The number of hydrogen-bond donors (Lipinski definition) is 1. The quantitative estimate of drug-likeness (QED) is 0.792. The van der Waals surface area contributed by atoms with E-state index < -0.39 is 6.10 Å². The van der Waals surface area contributed by atoms with Gasteiger partial charge < -0.3 is 5.11 Å². The van der Waals surface area contributed by atoms with Gasteiger partial charge in [-0.25, -0.2) is 0 Å². The maximum atomic E-state index is 9.78. The van der Waals surface area contributed by atoms with E-state index in [4.69, 9.17) is 0 Å². The molecule has 0 amide bonds. The molecule has 0 aliphatic heterocycles. The lowest BCUT2D eigenvalue weighted by Crippen LogP contribution is -1.98. The van der Waals surface area contributed by atoms with Crippen LogP contribution in [0.2, 0.25) is 0 Å². The lowest BCUT2D eigenvalue weighted by atomic mass is 9.99. The number of aliphatic hydroxyl groups is 1. The van der Waals surface area contributed by atoms with E-state index >= 15 is 0 Å². The number of fused-ring (bicyclic) bond motifs is 1.